The van der Waals surface area contributed by atoms with Crippen molar-refractivity contribution in [2.75, 3.05) is 0 Å². The Morgan fingerprint density at radius 1 is 0.870 bits per heavy atom. The first-order valence-electron chi connectivity index (χ1n) is 9.01. The molecule has 0 aliphatic heterocycles. The van der Waals surface area contributed by atoms with E-state index in [2.05, 4.69) is 20.8 Å². The normalized spacial score (nSPS) is 11.7. The van der Waals surface area contributed by atoms with Gasteiger partial charge >= 0.3 is 155 Å². The molecule has 0 aliphatic carbocycles. The molecule has 23 heavy (non-hydrogen) atoms. The molecular weight excluding hydrogens is 388 g/mol. The molecular formula is C19H30Cl2GeO. The Morgan fingerprint density at radius 2 is 1.26 bits per heavy atom. The molecule has 4 heteroatoms. The quantitative estimate of drug-likeness (QED) is 0.339. The molecule has 0 radical (unpaired) electrons. The average molecular weight is 418 g/mol. The summed E-state index contributed by atoms with van der Waals surface area (Å²) in [7, 11) is 0. The molecule has 0 saturated carbocycles. The van der Waals surface area contributed by atoms with Crippen molar-refractivity contribution < 1.29 is 4.79 Å². The number of benzene rings is 1. The molecule has 130 valence electrons. The number of hydrogen-bond acceptors (Lipinski definition) is 1. The molecule has 1 aromatic carbocycles. The zero-order valence-electron chi connectivity index (χ0n) is 14.8. The third-order valence-corrected chi connectivity index (χ3v) is 16.1. The molecule has 0 heterocycles. The van der Waals surface area contributed by atoms with Gasteiger partial charge < -0.3 is 0 Å². The van der Waals surface area contributed by atoms with E-state index in [9.17, 15) is 4.79 Å². The van der Waals surface area contributed by atoms with Gasteiger partial charge in [0, 0.05) is 0 Å². The second-order valence-corrected chi connectivity index (χ2v) is 16.8. The molecule has 1 rings (SSSR count). The number of halogens is 2. The fourth-order valence-electron chi connectivity index (χ4n) is 3.24. The molecule has 0 aromatic heterocycles. The Kier molecular flexibility index (Phi) is 9.88. The third kappa shape index (κ3) is 5.79. The molecule has 0 bridgehead atoms. The van der Waals surface area contributed by atoms with Gasteiger partial charge in [-0.25, -0.2) is 0 Å². The van der Waals surface area contributed by atoms with Gasteiger partial charge in [0.1, 0.15) is 0 Å². The van der Waals surface area contributed by atoms with Crippen LogP contribution in [0.3, 0.4) is 0 Å². The molecule has 0 aliphatic rings. The first kappa shape index (κ1) is 21.1. The van der Waals surface area contributed by atoms with Crippen LogP contribution in [-0.4, -0.2) is 17.9 Å². The van der Waals surface area contributed by atoms with Gasteiger partial charge in [0.25, 0.3) is 0 Å². The summed E-state index contributed by atoms with van der Waals surface area (Å²) in [6.07, 6.45) is 6.90. The first-order chi connectivity index (χ1) is 11.0. The Balaban J connectivity index is 3.24. The predicted molar refractivity (Wildman–Crippen MR) is 106 cm³/mol. The molecule has 1 aromatic rings. The summed E-state index contributed by atoms with van der Waals surface area (Å²) in [5.74, 6) is 0. The van der Waals surface area contributed by atoms with Crippen molar-refractivity contribution in [3.8, 4) is 0 Å². The number of hydrogen-bond donors (Lipinski definition) is 0. The van der Waals surface area contributed by atoms with Gasteiger partial charge in [0.2, 0.25) is 0 Å². The van der Waals surface area contributed by atoms with Crippen LogP contribution in [0.25, 0.3) is 0 Å². The van der Waals surface area contributed by atoms with Crippen molar-refractivity contribution in [2.45, 2.75) is 75.1 Å². The fraction of sp³-hybridized carbons (Fsp3) is 0.632. The van der Waals surface area contributed by atoms with Crippen molar-refractivity contribution in [3.05, 3.63) is 33.8 Å². The molecule has 0 atom stereocenters. The van der Waals surface area contributed by atoms with Crippen LogP contribution in [0.4, 0.5) is 0 Å². The standard InChI is InChI=1S/C19H30Cl2GeO/c1-4-7-13-22(14-8-5-2,15-9-6-3)19(23)18-16(20)11-10-12-17(18)21/h10-12H,4-9,13-15H2,1-3H3. The average Bonchev–Trinajstić information content (AvgIpc) is 2.54. The number of unbranched alkanes of at least 4 members (excludes halogenated alkanes) is 3. The zero-order valence-corrected chi connectivity index (χ0v) is 18.4. The number of rotatable bonds is 11. The topological polar surface area (TPSA) is 17.1 Å². The van der Waals surface area contributed by atoms with Crippen molar-refractivity contribution in [1.82, 2.24) is 0 Å². The Hall–Kier alpha value is 0.0129. The van der Waals surface area contributed by atoms with E-state index in [1.165, 1.54) is 0 Å². The van der Waals surface area contributed by atoms with Crippen LogP contribution in [0.1, 0.15) is 69.7 Å². The maximum atomic E-state index is 13.5. The summed E-state index contributed by atoms with van der Waals surface area (Å²) in [4.78, 5) is 13.5. The Labute approximate surface area is 154 Å². The van der Waals surface area contributed by atoms with E-state index in [4.69, 9.17) is 23.2 Å². The fourth-order valence-corrected chi connectivity index (χ4v) is 15.3. The summed E-state index contributed by atoms with van der Waals surface area (Å²) in [5.41, 5.74) is 0.610. The molecule has 0 spiro atoms. The second-order valence-electron chi connectivity index (χ2n) is 6.52. The van der Waals surface area contributed by atoms with Gasteiger partial charge in [-0.2, -0.15) is 0 Å². The van der Waals surface area contributed by atoms with Gasteiger partial charge in [-0.15, -0.1) is 0 Å². The Morgan fingerprint density at radius 3 is 1.61 bits per heavy atom. The minimum absolute atomic E-state index is 0.343. The maximum absolute atomic E-state index is 13.5. The molecule has 0 amide bonds. The summed E-state index contributed by atoms with van der Waals surface area (Å²) < 4.78 is 0.343. The first-order valence-corrected chi connectivity index (χ1v) is 15.3. The molecule has 0 saturated heterocycles. The van der Waals surface area contributed by atoms with E-state index in [1.807, 2.05) is 6.07 Å². The van der Waals surface area contributed by atoms with Crippen molar-refractivity contribution in [3.63, 3.8) is 0 Å². The summed E-state index contributed by atoms with van der Waals surface area (Å²) in [6, 6.07) is 5.42. The van der Waals surface area contributed by atoms with Crippen LogP contribution >= 0.6 is 23.2 Å². The number of carbonyl (C=O) groups is 1. The van der Waals surface area contributed by atoms with Crippen LogP contribution in [0.15, 0.2) is 18.2 Å². The molecule has 0 N–H and O–H groups in total. The van der Waals surface area contributed by atoms with Crippen LogP contribution in [-0.2, 0) is 0 Å². The van der Waals surface area contributed by atoms with Gasteiger partial charge in [0.15, 0.2) is 0 Å². The molecule has 1 nitrogen and oxygen atoms in total. The zero-order chi connectivity index (χ0) is 17.3. The van der Waals surface area contributed by atoms with Crippen LogP contribution in [0, 0.1) is 0 Å². The number of carbonyl (C=O) groups excluding carboxylic acids is 1. The summed E-state index contributed by atoms with van der Waals surface area (Å²) in [6.45, 7) is 6.62. The summed E-state index contributed by atoms with van der Waals surface area (Å²) in [5, 5.41) is 4.42. The van der Waals surface area contributed by atoms with Crippen LogP contribution in [0.2, 0.25) is 25.8 Å². The van der Waals surface area contributed by atoms with Gasteiger partial charge in [-0.1, -0.05) is 0 Å². The van der Waals surface area contributed by atoms with Crippen LogP contribution < -0.4 is 0 Å². The van der Waals surface area contributed by atoms with Gasteiger partial charge in [-0.05, 0) is 0 Å². The van der Waals surface area contributed by atoms with Crippen LogP contribution in [0.5, 0.6) is 0 Å². The van der Waals surface area contributed by atoms with Crippen molar-refractivity contribution in [2.24, 2.45) is 0 Å². The molecule has 0 unspecified atom stereocenters. The minimum atomic E-state index is -2.69. The van der Waals surface area contributed by atoms with Crippen molar-refractivity contribution >= 4 is 41.1 Å². The monoisotopic (exact) mass is 418 g/mol. The van der Waals surface area contributed by atoms with E-state index in [0.29, 0.717) is 20.2 Å². The van der Waals surface area contributed by atoms with E-state index in [1.54, 1.807) is 12.1 Å². The third-order valence-electron chi connectivity index (χ3n) is 4.70. The predicted octanol–water partition coefficient (Wildman–Crippen LogP) is 7.56. The van der Waals surface area contributed by atoms with Crippen molar-refractivity contribution in [1.29, 1.82) is 0 Å². The van der Waals surface area contributed by atoms with E-state index >= 15 is 0 Å². The second kappa shape index (κ2) is 10.8. The molecule has 0 fully saturated rings. The van der Waals surface area contributed by atoms with E-state index in [-0.39, 0.29) is 0 Å². The van der Waals surface area contributed by atoms with Gasteiger partial charge in [-0.3, -0.25) is 0 Å². The summed E-state index contributed by atoms with van der Waals surface area (Å²) >= 11 is 10.0. The SMILES string of the molecule is CCC[CH2][Ge]([CH2]CCC)([CH2]CCC)[C](=O)c1c(Cl)cccc1Cl. The Bertz CT molecular complexity index is 460. The van der Waals surface area contributed by atoms with Gasteiger partial charge in [0.05, 0.1) is 0 Å². The van der Waals surface area contributed by atoms with E-state index in [0.717, 1.165) is 54.3 Å². The van der Waals surface area contributed by atoms with E-state index < -0.39 is 13.3 Å².